The van der Waals surface area contributed by atoms with E-state index in [9.17, 15) is 19.2 Å². The number of rotatable bonds is 5. The van der Waals surface area contributed by atoms with Crippen LogP contribution in [-0.2, 0) is 19.1 Å². The van der Waals surface area contributed by atoms with Gasteiger partial charge in [-0.25, -0.2) is 0 Å². The maximum atomic E-state index is 12.4. The zero-order valence-electron chi connectivity index (χ0n) is 15.8. The van der Waals surface area contributed by atoms with E-state index in [4.69, 9.17) is 4.74 Å². The third kappa shape index (κ3) is 3.70. The SMILES string of the molecule is Cc1cc(C)c(C(=O)COC(=O)CN2C(=O)[C@H]3CC=CC[C@H]3C2=O)cc1C. The number of nitrogens with zero attached hydrogens (tertiary/aromatic N) is 1. The summed E-state index contributed by atoms with van der Waals surface area (Å²) in [5.41, 5.74) is 3.40. The van der Waals surface area contributed by atoms with Gasteiger partial charge in [0.1, 0.15) is 6.54 Å². The largest absolute Gasteiger partial charge is 0.456 e. The molecule has 1 aliphatic heterocycles. The number of aryl methyl sites for hydroxylation is 3. The predicted octanol–water partition coefficient (Wildman–Crippen LogP) is 2.29. The highest BCUT2D eigenvalue weighted by molar-refractivity contribution is 6.07. The number of ketones is 1. The van der Waals surface area contributed by atoms with E-state index < -0.39 is 19.1 Å². The normalized spacial score (nSPS) is 21.4. The van der Waals surface area contributed by atoms with Crippen LogP contribution < -0.4 is 0 Å². The van der Waals surface area contributed by atoms with Crippen molar-refractivity contribution in [3.8, 4) is 0 Å². The van der Waals surface area contributed by atoms with E-state index in [-0.39, 0.29) is 29.4 Å². The van der Waals surface area contributed by atoms with Crippen LogP contribution in [0.4, 0.5) is 0 Å². The van der Waals surface area contributed by atoms with Gasteiger partial charge in [0, 0.05) is 5.56 Å². The third-order valence-electron chi connectivity index (χ3n) is 5.39. The molecule has 0 N–H and O–H groups in total. The second-order valence-corrected chi connectivity index (χ2v) is 7.25. The zero-order chi connectivity index (χ0) is 19.7. The van der Waals surface area contributed by atoms with E-state index in [1.807, 2.05) is 39.0 Å². The second kappa shape index (κ2) is 7.47. The van der Waals surface area contributed by atoms with E-state index in [0.29, 0.717) is 18.4 Å². The summed E-state index contributed by atoms with van der Waals surface area (Å²) < 4.78 is 5.05. The van der Waals surface area contributed by atoms with Gasteiger partial charge in [-0.1, -0.05) is 18.2 Å². The van der Waals surface area contributed by atoms with Crippen molar-refractivity contribution in [3.63, 3.8) is 0 Å². The highest BCUT2D eigenvalue weighted by Crippen LogP contribution is 2.34. The molecule has 0 radical (unpaired) electrons. The van der Waals surface area contributed by atoms with Gasteiger partial charge < -0.3 is 4.74 Å². The van der Waals surface area contributed by atoms with Gasteiger partial charge in [-0.2, -0.15) is 0 Å². The predicted molar refractivity (Wildman–Crippen MR) is 98.0 cm³/mol. The Balaban J connectivity index is 1.59. The highest BCUT2D eigenvalue weighted by Gasteiger charge is 2.47. The molecule has 6 heteroatoms. The second-order valence-electron chi connectivity index (χ2n) is 7.25. The molecule has 1 fully saturated rings. The minimum Gasteiger partial charge on any atom is -0.456 e. The first-order chi connectivity index (χ1) is 12.8. The lowest BCUT2D eigenvalue weighted by Crippen LogP contribution is -2.37. The highest BCUT2D eigenvalue weighted by atomic mass is 16.5. The van der Waals surface area contributed by atoms with Gasteiger partial charge in [0.2, 0.25) is 17.6 Å². The van der Waals surface area contributed by atoms with Crippen LogP contribution in [0.2, 0.25) is 0 Å². The number of carbonyl (C=O) groups is 4. The number of hydrogen-bond donors (Lipinski definition) is 0. The standard InChI is InChI=1S/C21H23NO5/c1-12-8-14(3)17(9-13(12)2)18(23)11-27-19(24)10-22-20(25)15-6-4-5-7-16(15)21(22)26/h4-5,8-9,15-16H,6-7,10-11H2,1-3H3/t15-,16+. The van der Waals surface area contributed by atoms with E-state index in [1.54, 1.807) is 6.07 Å². The summed E-state index contributed by atoms with van der Waals surface area (Å²) in [6, 6.07) is 3.70. The average Bonchev–Trinajstić information content (AvgIpc) is 2.88. The topological polar surface area (TPSA) is 80.8 Å². The van der Waals surface area contributed by atoms with E-state index >= 15 is 0 Å². The van der Waals surface area contributed by atoms with E-state index in [0.717, 1.165) is 21.6 Å². The maximum Gasteiger partial charge on any atom is 0.326 e. The lowest BCUT2D eigenvalue weighted by atomic mass is 9.85. The minimum absolute atomic E-state index is 0.305. The summed E-state index contributed by atoms with van der Waals surface area (Å²) in [6.07, 6.45) is 4.81. The van der Waals surface area contributed by atoms with Crippen molar-refractivity contribution in [2.24, 2.45) is 11.8 Å². The van der Waals surface area contributed by atoms with Crippen LogP contribution in [-0.4, -0.2) is 41.6 Å². The lowest BCUT2D eigenvalue weighted by molar-refractivity contribution is -0.152. The fourth-order valence-electron chi connectivity index (χ4n) is 3.68. The van der Waals surface area contributed by atoms with Crippen LogP contribution in [0.5, 0.6) is 0 Å². The van der Waals surface area contributed by atoms with Gasteiger partial charge in [-0.3, -0.25) is 24.1 Å². The fraction of sp³-hybridized carbons (Fsp3) is 0.429. The average molecular weight is 369 g/mol. The molecule has 1 aromatic rings. The van der Waals surface area contributed by atoms with Crippen molar-refractivity contribution in [1.82, 2.24) is 4.90 Å². The Morgan fingerprint density at radius 3 is 2.11 bits per heavy atom. The molecule has 2 amide bonds. The van der Waals surface area contributed by atoms with Crippen molar-refractivity contribution in [2.75, 3.05) is 13.2 Å². The number of carbonyl (C=O) groups excluding carboxylic acids is 4. The molecule has 2 aliphatic rings. The number of likely N-dealkylation sites (tertiary alicyclic amines) is 1. The Hall–Kier alpha value is -2.76. The number of esters is 1. The van der Waals surface area contributed by atoms with Gasteiger partial charge in [0.15, 0.2) is 6.61 Å². The molecule has 142 valence electrons. The lowest BCUT2D eigenvalue weighted by Gasteiger charge is -2.14. The van der Waals surface area contributed by atoms with Gasteiger partial charge in [0.05, 0.1) is 11.8 Å². The summed E-state index contributed by atoms with van der Waals surface area (Å²) >= 11 is 0. The molecule has 2 atom stereocenters. The molecule has 6 nitrogen and oxygen atoms in total. The summed E-state index contributed by atoms with van der Waals surface area (Å²) in [5.74, 6) is -2.48. The molecule has 27 heavy (non-hydrogen) atoms. The number of ether oxygens (including phenoxy) is 1. The van der Waals surface area contributed by atoms with Crippen LogP contribution in [0.3, 0.4) is 0 Å². The molecule has 1 aliphatic carbocycles. The number of allylic oxidation sites excluding steroid dienone is 2. The van der Waals surface area contributed by atoms with E-state index in [2.05, 4.69) is 0 Å². The van der Waals surface area contributed by atoms with Crippen molar-refractivity contribution in [1.29, 1.82) is 0 Å². The molecule has 1 aromatic carbocycles. The summed E-state index contributed by atoms with van der Waals surface area (Å²) in [5, 5.41) is 0. The first kappa shape index (κ1) is 19.0. The Kier molecular flexibility index (Phi) is 5.26. The molecule has 0 aromatic heterocycles. The third-order valence-corrected chi connectivity index (χ3v) is 5.39. The molecule has 0 unspecified atom stereocenters. The Morgan fingerprint density at radius 2 is 1.52 bits per heavy atom. The molecule has 1 saturated heterocycles. The van der Waals surface area contributed by atoms with E-state index in [1.165, 1.54) is 0 Å². The zero-order valence-corrected chi connectivity index (χ0v) is 15.8. The van der Waals surface area contributed by atoms with Crippen molar-refractivity contribution < 1.29 is 23.9 Å². The Labute approximate surface area is 158 Å². The minimum atomic E-state index is -0.752. The summed E-state index contributed by atoms with van der Waals surface area (Å²) in [7, 11) is 0. The monoisotopic (exact) mass is 369 g/mol. The van der Waals surface area contributed by atoms with Gasteiger partial charge in [-0.15, -0.1) is 0 Å². The fourth-order valence-corrected chi connectivity index (χ4v) is 3.68. The van der Waals surface area contributed by atoms with Gasteiger partial charge in [-0.05, 0) is 56.4 Å². The maximum absolute atomic E-state index is 12.4. The number of benzene rings is 1. The molecule has 0 bridgehead atoms. The molecule has 0 spiro atoms. The first-order valence-electron chi connectivity index (χ1n) is 9.06. The molecule has 3 rings (SSSR count). The number of fused-ring (bicyclic) bond motifs is 1. The van der Waals surface area contributed by atoms with Crippen molar-refractivity contribution in [3.05, 3.63) is 46.5 Å². The van der Waals surface area contributed by atoms with Crippen LogP contribution in [0, 0.1) is 32.6 Å². The smallest absolute Gasteiger partial charge is 0.326 e. The number of Topliss-reactive ketones (excluding diaryl/α,β-unsaturated/α-hetero) is 1. The van der Waals surface area contributed by atoms with Crippen LogP contribution in [0.25, 0.3) is 0 Å². The molecular weight excluding hydrogens is 346 g/mol. The summed E-state index contributed by atoms with van der Waals surface area (Å²) in [6.45, 7) is 4.86. The van der Waals surface area contributed by atoms with Gasteiger partial charge in [0.25, 0.3) is 0 Å². The van der Waals surface area contributed by atoms with Crippen molar-refractivity contribution in [2.45, 2.75) is 33.6 Å². The number of hydrogen-bond acceptors (Lipinski definition) is 5. The summed E-state index contributed by atoms with van der Waals surface area (Å²) in [4.78, 5) is 50.2. The molecular formula is C21H23NO5. The first-order valence-corrected chi connectivity index (χ1v) is 9.06. The Morgan fingerprint density at radius 1 is 0.963 bits per heavy atom. The van der Waals surface area contributed by atoms with Crippen LogP contribution in [0.15, 0.2) is 24.3 Å². The quantitative estimate of drug-likeness (QED) is 0.344. The van der Waals surface area contributed by atoms with Crippen molar-refractivity contribution >= 4 is 23.6 Å². The van der Waals surface area contributed by atoms with Crippen LogP contribution >= 0.6 is 0 Å². The molecule has 1 heterocycles. The molecule has 0 saturated carbocycles. The van der Waals surface area contributed by atoms with Crippen LogP contribution in [0.1, 0.15) is 39.9 Å². The van der Waals surface area contributed by atoms with Gasteiger partial charge >= 0.3 is 5.97 Å². The Bertz CT molecular complexity index is 828. The number of amides is 2. The number of imide groups is 1.